The highest BCUT2D eigenvalue weighted by Crippen LogP contribution is 2.20. The summed E-state index contributed by atoms with van der Waals surface area (Å²) in [5.41, 5.74) is 1.94. The molecule has 0 aliphatic carbocycles. The van der Waals surface area contributed by atoms with Gasteiger partial charge in [0.1, 0.15) is 0 Å². The van der Waals surface area contributed by atoms with E-state index in [4.69, 9.17) is 0 Å². The first-order chi connectivity index (χ1) is 7.46. The second-order valence-corrected chi connectivity index (χ2v) is 5.45. The van der Waals surface area contributed by atoms with Gasteiger partial charge in [0.2, 0.25) is 0 Å². The number of hydrogen-bond acceptors (Lipinski definition) is 1. The minimum atomic E-state index is 0.0358. The van der Waals surface area contributed by atoms with Crippen LogP contribution in [-0.4, -0.2) is 4.98 Å². The third kappa shape index (κ3) is 2.32. The van der Waals surface area contributed by atoms with Crippen molar-refractivity contribution in [2.45, 2.75) is 27.2 Å². The van der Waals surface area contributed by atoms with Crippen molar-refractivity contribution in [3.63, 3.8) is 0 Å². The highest BCUT2D eigenvalue weighted by Gasteiger charge is 2.14. The second-order valence-electron chi connectivity index (χ2n) is 5.45. The Hall–Kier alpha value is -1.57. The summed E-state index contributed by atoms with van der Waals surface area (Å²) in [5.74, 6) is 0. The van der Waals surface area contributed by atoms with Crippen molar-refractivity contribution in [3.05, 3.63) is 46.2 Å². The van der Waals surface area contributed by atoms with Crippen LogP contribution in [-0.2, 0) is 6.42 Å². The number of H-pyrrole nitrogens is 1. The normalized spacial score (nSPS) is 11.9. The first kappa shape index (κ1) is 10.9. The number of hydrogen-bond donors (Lipinski definition) is 1. The largest absolute Gasteiger partial charge is 0.322 e. The van der Waals surface area contributed by atoms with E-state index in [2.05, 4.69) is 25.8 Å². The van der Waals surface area contributed by atoms with E-state index in [1.54, 1.807) is 0 Å². The van der Waals surface area contributed by atoms with Gasteiger partial charge in [-0.05, 0) is 29.4 Å². The van der Waals surface area contributed by atoms with Crippen LogP contribution in [0.5, 0.6) is 0 Å². The van der Waals surface area contributed by atoms with Gasteiger partial charge in [-0.3, -0.25) is 4.79 Å². The van der Waals surface area contributed by atoms with Gasteiger partial charge in [-0.15, -0.1) is 0 Å². The van der Waals surface area contributed by atoms with Crippen LogP contribution in [0.4, 0.5) is 0 Å². The first-order valence-corrected chi connectivity index (χ1v) is 5.57. The van der Waals surface area contributed by atoms with Crippen molar-refractivity contribution in [1.82, 2.24) is 4.98 Å². The molecule has 0 saturated carbocycles. The average molecular weight is 215 g/mol. The molecule has 2 aromatic rings. The predicted molar refractivity (Wildman–Crippen MR) is 67.7 cm³/mol. The molecule has 1 aromatic carbocycles. The number of fused-ring (bicyclic) bond motifs is 1. The predicted octanol–water partition coefficient (Wildman–Crippen LogP) is 3.12. The fourth-order valence-corrected chi connectivity index (χ4v) is 1.90. The molecule has 1 N–H and O–H groups in total. The maximum atomic E-state index is 11.9. The maximum Gasteiger partial charge on any atom is 0.251 e. The second kappa shape index (κ2) is 3.78. The van der Waals surface area contributed by atoms with Crippen LogP contribution in [0.3, 0.4) is 0 Å². The topological polar surface area (TPSA) is 32.9 Å². The third-order valence-corrected chi connectivity index (χ3v) is 2.55. The van der Waals surface area contributed by atoms with E-state index in [9.17, 15) is 4.79 Å². The van der Waals surface area contributed by atoms with E-state index < -0.39 is 0 Å². The Morgan fingerprint density at radius 3 is 2.56 bits per heavy atom. The molecule has 0 atom stereocenters. The summed E-state index contributed by atoms with van der Waals surface area (Å²) >= 11 is 0. The van der Waals surface area contributed by atoms with Crippen LogP contribution in [0.2, 0.25) is 0 Å². The lowest BCUT2D eigenvalue weighted by molar-refractivity contribution is 0.409. The number of para-hydroxylation sites is 1. The van der Waals surface area contributed by atoms with E-state index in [0.29, 0.717) is 0 Å². The molecule has 1 aromatic heterocycles. The molecule has 0 unspecified atom stereocenters. The summed E-state index contributed by atoms with van der Waals surface area (Å²) in [4.78, 5) is 14.8. The average Bonchev–Trinajstić information content (AvgIpc) is 2.17. The van der Waals surface area contributed by atoms with Gasteiger partial charge >= 0.3 is 0 Å². The Balaban J connectivity index is 2.55. The molecule has 0 saturated heterocycles. The van der Waals surface area contributed by atoms with Gasteiger partial charge < -0.3 is 4.98 Å². The van der Waals surface area contributed by atoms with Gasteiger partial charge in [-0.1, -0.05) is 39.0 Å². The van der Waals surface area contributed by atoms with E-state index in [0.717, 1.165) is 22.9 Å². The van der Waals surface area contributed by atoms with Gasteiger partial charge in [0.25, 0.3) is 5.56 Å². The summed E-state index contributed by atoms with van der Waals surface area (Å²) < 4.78 is 0. The number of rotatable bonds is 1. The molecule has 0 bridgehead atoms. The molecule has 0 spiro atoms. The number of aromatic amines is 1. The first-order valence-electron chi connectivity index (χ1n) is 5.57. The summed E-state index contributed by atoms with van der Waals surface area (Å²) in [6.07, 6.45) is 0.799. The lowest BCUT2D eigenvalue weighted by Crippen LogP contribution is -2.19. The fraction of sp³-hybridized carbons (Fsp3) is 0.357. The van der Waals surface area contributed by atoms with Crippen LogP contribution in [0.25, 0.3) is 10.9 Å². The van der Waals surface area contributed by atoms with Gasteiger partial charge in [0.15, 0.2) is 0 Å². The SMILES string of the molecule is CC(C)(C)Cc1cc2ccccc2[nH]c1=O. The van der Waals surface area contributed by atoms with Crippen molar-refractivity contribution in [1.29, 1.82) is 0 Å². The summed E-state index contributed by atoms with van der Waals surface area (Å²) in [6.45, 7) is 6.42. The van der Waals surface area contributed by atoms with E-state index in [1.165, 1.54) is 0 Å². The summed E-state index contributed by atoms with van der Waals surface area (Å²) in [5, 5.41) is 1.10. The van der Waals surface area contributed by atoms with Crippen molar-refractivity contribution >= 4 is 10.9 Å². The van der Waals surface area contributed by atoms with Crippen molar-refractivity contribution in [2.75, 3.05) is 0 Å². The Morgan fingerprint density at radius 2 is 1.88 bits per heavy atom. The van der Waals surface area contributed by atoms with Crippen LogP contribution < -0.4 is 5.56 Å². The number of nitrogens with one attached hydrogen (secondary N) is 1. The fourth-order valence-electron chi connectivity index (χ4n) is 1.90. The molecule has 2 rings (SSSR count). The van der Waals surface area contributed by atoms with E-state index >= 15 is 0 Å². The molecule has 16 heavy (non-hydrogen) atoms. The van der Waals surface area contributed by atoms with Gasteiger partial charge in [0, 0.05) is 11.1 Å². The lowest BCUT2D eigenvalue weighted by Gasteiger charge is -2.17. The minimum Gasteiger partial charge on any atom is -0.322 e. The molecule has 84 valence electrons. The minimum absolute atomic E-state index is 0.0358. The van der Waals surface area contributed by atoms with Crippen molar-refractivity contribution < 1.29 is 0 Å². The monoisotopic (exact) mass is 215 g/mol. The number of pyridine rings is 1. The summed E-state index contributed by atoms with van der Waals surface area (Å²) in [7, 11) is 0. The standard InChI is InChI=1S/C14H17NO/c1-14(2,3)9-11-8-10-6-4-5-7-12(10)15-13(11)16/h4-8H,9H2,1-3H3,(H,15,16). The van der Waals surface area contributed by atoms with Crippen LogP contribution in [0.1, 0.15) is 26.3 Å². The quantitative estimate of drug-likeness (QED) is 0.779. The van der Waals surface area contributed by atoms with Crippen LogP contribution in [0.15, 0.2) is 35.1 Å². The van der Waals surface area contributed by atoms with Gasteiger partial charge in [-0.25, -0.2) is 0 Å². The molecule has 0 fully saturated rings. The number of benzene rings is 1. The molecule has 2 heteroatoms. The van der Waals surface area contributed by atoms with Crippen molar-refractivity contribution in [3.8, 4) is 0 Å². The molecule has 1 heterocycles. The lowest BCUT2D eigenvalue weighted by atomic mass is 9.88. The molecule has 2 nitrogen and oxygen atoms in total. The van der Waals surface area contributed by atoms with Gasteiger partial charge in [-0.2, -0.15) is 0 Å². The molecule has 0 aliphatic heterocycles. The van der Waals surface area contributed by atoms with E-state index in [-0.39, 0.29) is 11.0 Å². The van der Waals surface area contributed by atoms with E-state index in [1.807, 2.05) is 30.3 Å². The molecular formula is C14H17NO. The molecule has 0 amide bonds. The smallest absolute Gasteiger partial charge is 0.251 e. The Kier molecular flexibility index (Phi) is 2.58. The Morgan fingerprint density at radius 1 is 1.19 bits per heavy atom. The molecule has 0 aliphatic rings. The summed E-state index contributed by atoms with van der Waals surface area (Å²) in [6, 6.07) is 9.87. The van der Waals surface area contributed by atoms with Crippen LogP contribution >= 0.6 is 0 Å². The third-order valence-electron chi connectivity index (χ3n) is 2.55. The maximum absolute atomic E-state index is 11.9. The number of aromatic nitrogens is 1. The molecule has 0 radical (unpaired) electrons. The highest BCUT2D eigenvalue weighted by molar-refractivity contribution is 5.78. The Labute approximate surface area is 95.3 Å². The van der Waals surface area contributed by atoms with Crippen molar-refractivity contribution in [2.24, 2.45) is 5.41 Å². The van der Waals surface area contributed by atoms with Gasteiger partial charge in [0.05, 0.1) is 0 Å². The zero-order valence-corrected chi connectivity index (χ0v) is 10.0. The van der Waals surface area contributed by atoms with Crippen LogP contribution in [0, 0.1) is 5.41 Å². The highest BCUT2D eigenvalue weighted by atomic mass is 16.1. The zero-order valence-electron chi connectivity index (χ0n) is 10.0. The zero-order chi connectivity index (χ0) is 11.8. The Bertz CT molecular complexity index is 561. The molecular weight excluding hydrogens is 198 g/mol.